The van der Waals surface area contributed by atoms with Gasteiger partial charge in [-0.05, 0) is 56.9 Å². The number of carbonyl (C=O) groups is 2. The molecule has 1 aliphatic carbocycles. The lowest BCUT2D eigenvalue weighted by atomic mass is 10.0. The zero-order valence-electron chi connectivity index (χ0n) is 18.5. The third-order valence-corrected chi connectivity index (χ3v) is 6.43. The van der Waals surface area contributed by atoms with E-state index in [1.54, 1.807) is 20.1 Å². The van der Waals surface area contributed by atoms with Crippen molar-refractivity contribution in [1.29, 1.82) is 0 Å². The van der Waals surface area contributed by atoms with Crippen LogP contribution >= 0.6 is 0 Å². The molecule has 1 unspecified atom stereocenters. The van der Waals surface area contributed by atoms with E-state index in [-0.39, 0.29) is 23.8 Å². The van der Waals surface area contributed by atoms with Gasteiger partial charge in [-0.1, -0.05) is 18.0 Å². The molecule has 0 bridgehead atoms. The molecule has 8 heteroatoms. The Morgan fingerprint density at radius 1 is 1.10 bits per heavy atom. The van der Waals surface area contributed by atoms with E-state index in [1.807, 2.05) is 28.9 Å². The van der Waals surface area contributed by atoms with Crippen LogP contribution < -0.4 is 4.74 Å². The quantitative estimate of drug-likeness (QED) is 0.745. The maximum absolute atomic E-state index is 13.3. The molecule has 4 rings (SSSR count). The summed E-state index contributed by atoms with van der Waals surface area (Å²) in [6.45, 7) is 5.14. The van der Waals surface area contributed by atoms with Crippen molar-refractivity contribution < 1.29 is 18.8 Å². The number of benzene rings is 1. The largest absolute Gasteiger partial charge is 0.497 e. The minimum atomic E-state index is -0.302. The third-order valence-electron chi connectivity index (χ3n) is 6.43. The summed E-state index contributed by atoms with van der Waals surface area (Å²) >= 11 is 0. The molecule has 1 aliphatic heterocycles. The van der Waals surface area contributed by atoms with Gasteiger partial charge in [0.1, 0.15) is 11.8 Å². The van der Waals surface area contributed by atoms with Crippen molar-refractivity contribution in [2.24, 2.45) is 5.92 Å². The fourth-order valence-electron chi connectivity index (χ4n) is 4.68. The zero-order chi connectivity index (χ0) is 22.0. The highest BCUT2D eigenvalue weighted by Gasteiger charge is 2.37. The third kappa shape index (κ3) is 4.43. The van der Waals surface area contributed by atoms with E-state index in [0.29, 0.717) is 43.3 Å². The van der Waals surface area contributed by atoms with Crippen LogP contribution in [0.25, 0.3) is 0 Å². The second-order valence-electron chi connectivity index (χ2n) is 8.47. The van der Waals surface area contributed by atoms with Gasteiger partial charge in [-0.2, -0.15) is 4.98 Å². The summed E-state index contributed by atoms with van der Waals surface area (Å²) in [5.41, 5.74) is 1.53. The Hall–Kier alpha value is -2.90. The van der Waals surface area contributed by atoms with Gasteiger partial charge < -0.3 is 19.1 Å². The van der Waals surface area contributed by atoms with Crippen LogP contribution in [0.15, 0.2) is 22.7 Å². The highest BCUT2D eigenvalue weighted by molar-refractivity contribution is 5.96. The van der Waals surface area contributed by atoms with E-state index in [1.165, 1.54) is 0 Å². The Balaban J connectivity index is 1.57. The molecule has 2 fully saturated rings. The summed E-state index contributed by atoms with van der Waals surface area (Å²) in [6.07, 6.45) is 4.62. The Kier molecular flexibility index (Phi) is 6.25. The molecule has 2 aromatic rings. The Bertz CT molecular complexity index is 951. The van der Waals surface area contributed by atoms with Gasteiger partial charge in [0.2, 0.25) is 11.8 Å². The molecule has 2 aliphatic rings. The number of amides is 2. The average Bonchev–Trinajstić information content (AvgIpc) is 3.40. The molecule has 0 N–H and O–H groups in total. The number of aryl methyl sites for hydroxylation is 2. The summed E-state index contributed by atoms with van der Waals surface area (Å²) in [4.78, 5) is 34.7. The van der Waals surface area contributed by atoms with Crippen LogP contribution in [-0.4, -0.2) is 58.5 Å². The fourth-order valence-corrected chi connectivity index (χ4v) is 4.68. The second-order valence-corrected chi connectivity index (χ2v) is 8.47. The predicted octanol–water partition coefficient (Wildman–Crippen LogP) is 3.30. The monoisotopic (exact) mass is 426 g/mol. The first-order valence-corrected chi connectivity index (χ1v) is 11.0. The molecule has 1 aromatic carbocycles. The maximum Gasteiger partial charge on any atom is 0.254 e. The second kappa shape index (κ2) is 9.08. The number of nitrogens with zero attached hydrogens (tertiary/aromatic N) is 4. The van der Waals surface area contributed by atoms with Gasteiger partial charge in [0.25, 0.3) is 5.91 Å². The van der Waals surface area contributed by atoms with Crippen molar-refractivity contribution in [3.05, 3.63) is 41.0 Å². The van der Waals surface area contributed by atoms with E-state index < -0.39 is 0 Å². The van der Waals surface area contributed by atoms with Crippen molar-refractivity contribution in [3.8, 4) is 5.75 Å². The van der Waals surface area contributed by atoms with E-state index in [4.69, 9.17) is 9.26 Å². The van der Waals surface area contributed by atoms with Crippen molar-refractivity contribution in [2.75, 3.05) is 26.7 Å². The summed E-state index contributed by atoms with van der Waals surface area (Å²) in [7, 11) is 1.61. The average molecular weight is 427 g/mol. The summed E-state index contributed by atoms with van der Waals surface area (Å²) < 4.78 is 10.7. The van der Waals surface area contributed by atoms with Gasteiger partial charge in [-0.3, -0.25) is 9.59 Å². The van der Waals surface area contributed by atoms with E-state index in [9.17, 15) is 9.59 Å². The minimum Gasteiger partial charge on any atom is -0.497 e. The van der Waals surface area contributed by atoms with Crippen molar-refractivity contribution in [3.63, 3.8) is 0 Å². The fraction of sp³-hybridized carbons (Fsp3) is 0.565. The van der Waals surface area contributed by atoms with Crippen LogP contribution in [0.2, 0.25) is 0 Å². The van der Waals surface area contributed by atoms with Crippen LogP contribution in [0.1, 0.15) is 65.8 Å². The van der Waals surface area contributed by atoms with Crippen molar-refractivity contribution >= 4 is 11.8 Å². The van der Waals surface area contributed by atoms with Crippen molar-refractivity contribution in [1.82, 2.24) is 19.9 Å². The lowest BCUT2D eigenvalue weighted by Gasteiger charge is -2.29. The number of methoxy groups -OCH3 is 1. The van der Waals surface area contributed by atoms with Crippen LogP contribution in [0, 0.1) is 19.8 Å². The highest BCUT2D eigenvalue weighted by Crippen LogP contribution is 2.33. The van der Waals surface area contributed by atoms with Gasteiger partial charge in [0, 0.05) is 31.1 Å². The summed E-state index contributed by atoms with van der Waals surface area (Å²) in [5, 5.41) is 3.93. The molecular formula is C23H30N4O4. The molecule has 1 aromatic heterocycles. The number of ether oxygens (including phenoxy) is 1. The molecule has 8 nitrogen and oxygen atoms in total. The molecule has 0 spiro atoms. The smallest absolute Gasteiger partial charge is 0.254 e. The Morgan fingerprint density at radius 3 is 2.52 bits per heavy atom. The molecule has 31 heavy (non-hydrogen) atoms. The van der Waals surface area contributed by atoms with E-state index in [0.717, 1.165) is 37.0 Å². The van der Waals surface area contributed by atoms with Crippen LogP contribution in [0.3, 0.4) is 0 Å². The van der Waals surface area contributed by atoms with E-state index in [2.05, 4.69) is 10.1 Å². The number of carbonyl (C=O) groups excluding carboxylic acids is 2. The van der Waals surface area contributed by atoms with Gasteiger partial charge in [0.15, 0.2) is 5.82 Å². The lowest BCUT2D eigenvalue weighted by Crippen LogP contribution is -2.41. The number of hydrogen-bond donors (Lipinski definition) is 0. The first kappa shape index (κ1) is 21.3. The van der Waals surface area contributed by atoms with Gasteiger partial charge >= 0.3 is 0 Å². The molecule has 166 valence electrons. The van der Waals surface area contributed by atoms with E-state index >= 15 is 0 Å². The minimum absolute atomic E-state index is 0.0317. The SMILES string of the molecule is COc1ccc(C(=O)N2CCC(c3nc(C)no3)N(C(=O)C3CCCC3)CC2)c(C)c1. The molecule has 2 heterocycles. The van der Waals surface area contributed by atoms with Crippen LogP contribution in [0.4, 0.5) is 0 Å². The van der Waals surface area contributed by atoms with Crippen molar-refractivity contribution in [2.45, 2.75) is 52.0 Å². The molecule has 1 saturated heterocycles. The molecule has 1 saturated carbocycles. The summed E-state index contributed by atoms with van der Waals surface area (Å²) in [6, 6.07) is 5.18. The number of aromatic nitrogens is 2. The van der Waals surface area contributed by atoms with Gasteiger partial charge in [-0.15, -0.1) is 0 Å². The first-order valence-electron chi connectivity index (χ1n) is 11.0. The Morgan fingerprint density at radius 2 is 1.87 bits per heavy atom. The molecule has 0 radical (unpaired) electrons. The lowest BCUT2D eigenvalue weighted by molar-refractivity contribution is -0.138. The topological polar surface area (TPSA) is 88.8 Å². The summed E-state index contributed by atoms with van der Waals surface area (Å²) in [5.74, 6) is 1.90. The maximum atomic E-state index is 13.3. The number of rotatable bonds is 4. The normalized spacial score (nSPS) is 20.0. The van der Waals surface area contributed by atoms with Gasteiger partial charge in [0.05, 0.1) is 7.11 Å². The standard InChI is InChI=1S/C23H30N4O4/c1-15-14-18(30-3)8-9-19(15)23(29)26-11-10-20(21-24-16(2)25-31-21)27(13-12-26)22(28)17-6-4-5-7-17/h8-9,14,17,20H,4-7,10-13H2,1-3H3. The van der Waals surface area contributed by atoms with Crippen LogP contribution in [-0.2, 0) is 4.79 Å². The molecular weight excluding hydrogens is 396 g/mol. The predicted molar refractivity (Wildman–Crippen MR) is 114 cm³/mol. The highest BCUT2D eigenvalue weighted by atomic mass is 16.5. The first-order chi connectivity index (χ1) is 15.0. The van der Waals surface area contributed by atoms with Crippen LogP contribution in [0.5, 0.6) is 5.75 Å². The molecule has 1 atom stereocenters. The van der Waals surface area contributed by atoms with Gasteiger partial charge in [-0.25, -0.2) is 0 Å². The Labute approximate surface area is 182 Å². The number of hydrogen-bond acceptors (Lipinski definition) is 6. The molecule has 2 amide bonds. The zero-order valence-corrected chi connectivity index (χ0v) is 18.5.